The molecule has 0 saturated carbocycles. The second kappa shape index (κ2) is 10.8. The summed E-state index contributed by atoms with van der Waals surface area (Å²) in [5.41, 5.74) is 4.49. The molecular formula is C20H26Cl2NOPTi. The molecule has 6 heteroatoms. The van der Waals surface area contributed by atoms with E-state index in [0.717, 1.165) is 16.4 Å². The molecule has 0 aliphatic carbocycles. The van der Waals surface area contributed by atoms with Crippen molar-refractivity contribution in [3.05, 3.63) is 52.6 Å². The summed E-state index contributed by atoms with van der Waals surface area (Å²) in [5, 5.41) is 13.1. The van der Waals surface area contributed by atoms with Crippen LogP contribution in [-0.4, -0.2) is 18.4 Å². The molecule has 2 aromatic rings. The third kappa shape index (κ3) is 6.66. The van der Waals surface area contributed by atoms with Crippen molar-refractivity contribution in [2.75, 3.05) is 7.05 Å². The first kappa shape index (κ1) is 23.7. The number of aromatic hydroxyl groups is 1. The van der Waals surface area contributed by atoms with Crippen LogP contribution in [0.2, 0.25) is 0 Å². The van der Waals surface area contributed by atoms with Gasteiger partial charge in [-0.25, -0.2) is 0 Å². The van der Waals surface area contributed by atoms with E-state index < -0.39 is 17.0 Å². The summed E-state index contributed by atoms with van der Waals surface area (Å²) in [5.74, 6) is 0.434. The van der Waals surface area contributed by atoms with Gasteiger partial charge in [0.05, 0.1) is 0 Å². The molecule has 0 bridgehead atoms. The molecule has 0 heterocycles. The van der Waals surface area contributed by atoms with E-state index in [1.54, 1.807) is 7.05 Å². The van der Waals surface area contributed by atoms with Crippen LogP contribution in [0.3, 0.4) is 0 Å². The van der Waals surface area contributed by atoms with Crippen molar-refractivity contribution >= 4 is 44.0 Å². The molecule has 2 aromatic carbocycles. The van der Waals surface area contributed by atoms with Gasteiger partial charge in [0.25, 0.3) is 0 Å². The SMILES string of the molecule is CN=Cc1cccc(C)c1Pc1cc(C)cc(C(C)(C)C)c1O.[Cl][Ti][Cl]. The Morgan fingerprint density at radius 3 is 2.31 bits per heavy atom. The van der Waals surface area contributed by atoms with E-state index in [2.05, 4.69) is 69.9 Å². The molecule has 140 valence electrons. The molecule has 1 unspecified atom stereocenters. The van der Waals surface area contributed by atoms with Crippen LogP contribution < -0.4 is 10.6 Å². The summed E-state index contributed by atoms with van der Waals surface area (Å²) in [6.07, 6.45) is 1.90. The van der Waals surface area contributed by atoms with E-state index in [1.165, 1.54) is 16.4 Å². The van der Waals surface area contributed by atoms with Crippen LogP contribution in [0.5, 0.6) is 5.75 Å². The quantitative estimate of drug-likeness (QED) is 0.385. The molecule has 0 radical (unpaired) electrons. The van der Waals surface area contributed by atoms with E-state index in [9.17, 15) is 5.11 Å². The van der Waals surface area contributed by atoms with E-state index in [1.807, 2.05) is 6.21 Å². The van der Waals surface area contributed by atoms with Crippen LogP contribution in [0.4, 0.5) is 0 Å². The Bertz CT molecular complexity index is 773. The van der Waals surface area contributed by atoms with E-state index in [0.29, 0.717) is 14.3 Å². The van der Waals surface area contributed by atoms with E-state index >= 15 is 0 Å². The summed E-state index contributed by atoms with van der Waals surface area (Å²) >= 11 is -0.556. The van der Waals surface area contributed by atoms with Crippen molar-refractivity contribution in [2.45, 2.75) is 40.0 Å². The predicted octanol–water partition coefficient (Wildman–Crippen LogP) is 5.36. The third-order valence-electron chi connectivity index (χ3n) is 3.90. The molecule has 0 amide bonds. The Hall–Kier alpha value is -0.366. The average molecular weight is 446 g/mol. The zero-order valence-corrected chi connectivity index (χ0v) is 20.2. The van der Waals surface area contributed by atoms with Crippen LogP contribution >= 0.6 is 27.2 Å². The normalized spacial score (nSPS) is 11.7. The van der Waals surface area contributed by atoms with Gasteiger partial charge in [-0.3, -0.25) is 4.99 Å². The maximum absolute atomic E-state index is 10.8. The maximum atomic E-state index is 10.8. The number of rotatable bonds is 3. The Balaban J connectivity index is 0.00000105. The fourth-order valence-electron chi connectivity index (χ4n) is 2.69. The van der Waals surface area contributed by atoms with Crippen molar-refractivity contribution in [3.8, 4) is 5.75 Å². The van der Waals surface area contributed by atoms with Gasteiger partial charge in [-0.05, 0) is 41.8 Å². The van der Waals surface area contributed by atoms with Gasteiger partial charge in [0.2, 0.25) is 0 Å². The van der Waals surface area contributed by atoms with Crippen LogP contribution in [0.15, 0.2) is 35.3 Å². The molecule has 0 aliphatic heterocycles. The van der Waals surface area contributed by atoms with Crippen LogP contribution in [0.25, 0.3) is 0 Å². The summed E-state index contributed by atoms with van der Waals surface area (Å²) in [6, 6.07) is 10.4. The van der Waals surface area contributed by atoms with Gasteiger partial charge in [0, 0.05) is 29.7 Å². The number of phenolic OH excluding ortho intramolecular Hbond substituents is 1. The minimum atomic E-state index is -0.556. The van der Waals surface area contributed by atoms with Gasteiger partial charge >= 0.3 is 35.6 Å². The molecule has 2 nitrogen and oxygen atoms in total. The Labute approximate surface area is 175 Å². The number of aliphatic imine (C=N–C) groups is 1. The van der Waals surface area contributed by atoms with Crippen molar-refractivity contribution in [1.29, 1.82) is 0 Å². The zero-order chi connectivity index (χ0) is 19.9. The molecule has 1 N–H and O–H groups in total. The molecule has 0 aromatic heterocycles. The second-order valence-electron chi connectivity index (χ2n) is 7.08. The monoisotopic (exact) mass is 445 g/mol. The number of halogens is 2. The molecule has 0 spiro atoms. The molecule has 0 aliphatic rings. The summed E-state index contributed by atoms with van der Waals surface area (Å²) in [6.45, 7) is 10.6. The van der Waals surface area contributed by atoms with Gasteiger partial charge in [-0.2, -0.15) is 0 Å². The third-order valence-corrected chi connectivity index (χ3v) is 5.48. The van der Waals surface area contributed by atoms with Crippen LogP contribution in [0.1, 0.15) is 43.0 Å². The first-order chi connectivity index (χ1) is 12.1. The summed E-state index contributed by atoms with van der Waals surface area (Å²) in [7, 11) is 12.0. The fraction of sp³-hybridized carbons (Fsp3) is 0.350. The molecule has 2 rings (SSSR count). The number of nitrogens with zero attached hydrogens (tertiary/aromatic N) is 1. The second-order valence-corrected chi connectivity index (χ2v) is 10.9. The van der Waals surface area contributed by atoms with Gasteiger partial charge in [-0.1, -0.05) is 53.6 Å². The van der Waals surface area contributed by atoms with E-state index in [4.69, 9.17) is 18.6 Å². The number of phenols is 1. The van der Waals surface area contributed by atoms with Crippen molar-refractivity contribution in [3.63, 3.8) is 0 Å². The summed E-state index contributed by atoms with van der Waals surface area (Å²) in [4.78, 5) is 4.16. The first-order valence-corrected chi connectivity index (χ1v) is 13.5. The van der Waals surface area contributed by atoms with Crippen molar-refractivity contribution in [2.24, 2.45) is 4.99 Å². The topological polar surface area (TPSA) is 32.6 Å². The first-order valence-electron chi connectivity index (χ1n) is 8.24. The Morgan fingerprint density at radius 1 is 1.15 bits per heavy atom. The molecule has 26 heavy (non-hydrogen) atoms. The number of aryl methyl sites for hydroxylation is 2. The van der Waals surface area contributed by atoms with Gasteiger partial charge in [-0.15, -0.1) is 0 Å². The number of benzene rings is 2. The zero-order valence-electron chi connectivity index (χ0n) is 16.1. The predicted molar refractivity (Wildman–Crippen MR) is 116 cm³/mol. The van der Waals surface area contributed by atoms with Crippen molar-refractivity contribution < 1.29 is 22.1 Å². The van der Waals surface area contributed by atoms with E-state index in [-0.39, 0.29) is 5.41 Å². The molecular weight excluding hydrogens is 420 g/mol. The standard InChI is InChI=1S/C20H26NOP.2ClH.Ti/c1-13-10-16(20(3,4)5)18(22)17(11-13)23-19-14(2)8-7-9-15(19)12-21-6;;;/h7-12,22-23H,1-6H3;2*1H;/q;;;+2/p-2. The van der Waals surface area contributed by atoms with Crippen LogP contribution in [-0.2, 0) is 22.4 Å². The van der Waals surface area contributed by atoms with Crippen LogP contribution in [0, 0.1) is 13.8 Å². The Kier molecular flexibility index (Phi) is 9.87. The number of hydrogen-bond acceptors (Lipinski definition) is 2. The van der Waals surface area contributed by atoms with Gasteiger partial charge in [0.1, 0.15) is 5.75 Å². The van der Waals surface area contributed by atoms with Crippen molar-refractivity contribution in [1.82, 2.24) is 0 Å². The molecule has 0 saturated heterocycles. The minimum absolute atomic E-state index is 0.0746. The van der Waals surface area contributed by atoms with Gasteiger partial charge in [0.15, 0.2) is 0 Å². The number of hydrogen-bond donors (Lipinski definition) is 1. The van der Waals surface area contributed by atoms with Gasteiger partial charge < -0.3 is 5.11 Å². The average Bonchev–Trinajstić information content (AvgIpc) is 2.53. The molecule has 1 atom stereocenters. The fourth-order valence-corrected chi connectivity index (χ4v) is 4.08. The Morgan fingerprint density at radius 2 is 1.77 bits per heavy atom. The summed E-state index contributed by atoms with van der Waals surface area (Å²) < 4.78 is 0. The molecule has 0 fully saturated rings.